The third-order valence-electron chi connectivity index (χ3n) is 12.1. The number of piperidine rings is 1. The molecule has 3 aliphatic heterocycles. The van der Waals surface area contributed by atoms with Crippen molar-refractivity contribution in [3.63, 3.8) is 0 Å². The van der Waals surface area contributed by atoms with Crippen LogP contribution in [-0.4, -0.2) is 124 Å². The number of likely N-dealkylation sites (tertiary alicyclic amines) is 1. The molecule has 1 aromatic heterocycles. The molecule has 3 saturated heterocycles. The highest BCUT2D eigenvalue weighted by Crippen LogP contribution is 2.54. The number of hydrogen-bond donors (Lipinski definition) is 2. The number of benzene rings is 2. The minimum Gasteiger partial charge on any atom is -0.378 e. The van der Waals surface area contributed by atoms with Crippen LogP contribution in [0, 0.1) is 23.2 Å². The lowest BCUT2D eigenvalue weighted by atomic mass is 9.67. The largest absolute Gasteiger partial charge is 0.378 e. The predicted octanol–water partition coefficient (Wildman–Crippen LogP) is 2.69. The number of rotatable bonds is 9. The number of morpholine rings is 2. The molecule has 5 atom stereocenters. The molecular formula is C39H47N9O4. The summed E-state index contributed by atoms with van der Waals surface area (Å²) >= 11 is 0. The number of nitriles is 1. The van der Waals surface area contributed by atoms with Crippen LogP contribution >= 0.6 is 0 Å². The first-order valence-electron chi connectivity index (χ1n) is 18.6. The van der Waals surface area contributed by atoms with Gasteiger partial charge in [-0.2, -0.15) is 10.5 Å². The first-order valence-corrected chi connectivity index (χ1v) is 18.6. The van der Waals surface area contributed by atoms with Crippen LogP contribution in [0.4, 0.5) is 0 Å². The average molecular weight is 706 g/mol. The molecule has 13 heteroatoms. The van der Waals surface area contributed by atoms with E-state index in [1.807, 2.05) is 34.1 Å². The summed E-state index contributed by atoms with van der Waals surface area (Å²) in [5.74, 6) is 1.67. The van der Waals surface area contributed by atoms with Gasteiger partial charge >= 0.3 is 0 Å². The minimum atomic E-state index is -0.859. The molecule has 3 aromatic rings. The molecule has 52 heavy (non-hydrogen) atoms. The number of tetrazole rings is 1. The normalized spacial score (nSPS) is 25.3. The third kappa shape index (κ3) is 6.06. The van der Waals surface area contributed by atoms with Crippen LogP contribution < -0.4 is 5.32 Å². The maximum Gasteiger partial charge on any atom is 0.254 e. The van der Waals surface area contributed by atoms with E-state index >= 15 is 0 Å². The Morgan fingerprint density at radius 2 is 1.58 bits per heavy atom. The van der Waals surface area contributed by atoms with Gasteiger partial charge in [-0.15, -0.1) is 10.2 Å². The number of carbonyl (C=O) groups excluding carboxylic acids is 2. The lowest BCUT2D eigenvalue weighted by molar-refractivity contribution is 0.0301. The van der Waals surface area contributed by atoms with Gasteiger partial charge < -0.3 is 29.5 Å². The molecule has 4 heterocycles. The van der Waals surface area contributed by atoms with Gasteiger partial charge in [0.25, 0.3) is 11.8 Å². The maximum atomic E-state index is 13.7. The summed E-state index contributed by atoms with van der Waals surface area (Å²) in [6.45, 7) is 13.8. The SMILES string of the molecule is C=C(CN[C@@H](C)CC1(c2nn[nH]n2)c2ccc(C(=O)N3CCOCC3)cc2CCc2cc(C(=O)N3CCOCC3)ccc21)N1[C@H]2[C@@H](C)[C@H]2C[C@H]1C#N. The van der Waals surface area contributed by atoms with E-state index in [9.17, 15) is 14.9 Å². The average Bonchev–Trinajstić information content (AvgIpc) is 3.51. The molecular weight excluding hydrogens is 658 g/mol. The number of amides is 2. The van der Waals surface area contributed by atoms with Gasteiger partial charge in [-0.25, -0.2) is 0 Å². The van der Waals surface area contributed by atoms with Crippen LogP contribution in [0.2, 0.25) is 0 Å². The molecule has 1 saturated carbocycles. The van der Waals surface area contributed by atoms with Gasteiger partial charge in [0.2, 0.25) is 0 Å². The Bertz CT molecular complexity index is 1800. The summed E-state index contributed by atoms with van der Waals surface area (Å²) in [5, 5.41) is 29.7. The van der Waals surface area contributed by atoms with Gasteiger partial charge in [0, 0.05) is 61.6 Å². The first kappa shape index (κ1) is 34.4. The van der Waals surface area contributed by atoms with Crippen molar-refractivity contribution in [2.75, 3.05) is 59.2 Å². The summed E-state index contributed by atoms with van der Waals surface area (Å²) in [7, 11) is 0. The van der Waals surface area contributed by atoms with Gasteiger partial charge in [-0.1, -0.05) is 30.8 Å². The van der Waals surface area contributed by atoms with Crippen molar-refractivity contribution in [3.05, 3.63) is 87.9 Å². The van der Waals surface area contributed by atoms with Crippen LogP contribution in [0.25, 0.3) is 0 Å². The summed E-state index contributed by atoms with van der Waals surface area (Å²) in [4.78, 5) is 33.4. The molecule has 2 amide bonds. The molecule has 5 aliphatic rings. The number of fused-ring (bicyclic) bond motifs is 3. The van der Waals surface area contributed by atoms with Crippen LogP contribution in [0.5, 0.6) is 0 Å². The minimum absolute atomic E-state index is 0.00484. The molecule has 2 aromatic carbocycles. The molecule has 13 nitrogen and oxygen atoms in total. The van der Waals surface area contributed by atoms with E-state index in [0.29, 0.717) is 113 Å². The number of aryl methyl sites for hydroxylation is 2. The third-order valence-corrected chi connectivity index (χ3v) is 12.1. The fourth-order valence-electron chi connectivity index (χ4n) is 9.28. The summed E-state index contributed by atoms with van der Waals surface area (Å²) in [5.41, 5.74) is 5.48. The quantitative estimate of drug-likeness (QED) is 0.340. The second-order valence-electron chi connectivity index (χ2n) is 15.0. The Balaban J connectivity index is 1.16. The molecule has 2 aliphatic carbocycles. The number of aromatic nitrogens is 4. The summed E-state index contributed by atoms with van der Waals surface area (Å²) in [6.07, 6.45) is 2.81. The number of nitrogens with zero attached hydrogens (tertiary/aromatic N) is 7. The number of nitrogens with one attached hydrogen (secondary N) is 2. The van der Waals surface area contributed by atoms with Crippen LogP contribution in [-0.2, 0) is 27.7 Å². The maximum absolute atomic E-state index is 13.7. The van der Waals surface area contributed by atoms with E-state index in [-0.39, 0.29) is 23.9 Å². The molecule has 272 valence electrons. The highest BCUT2D eigenvalue weighted by atomic mass is 16.5. The molecule has 4 fully saturated rings. The second kappa shape index (κ2) is 14.1. The first-order chi connectivity index (χ1) is 25.3. The standard InChI is InChI=1S/C39H47N9O4/c1-24(41-23-25(2)48-31(22-40)20-32-26(3)35(32)48)21-39(38-42-44-45-43-38)33-8-6-29(36(49)46-10-14-51-15-11-46)18-27(33)4-5-28-19-30(7-9-34(28)39)37(50)47-12-16-52-17-13-47/h6-9,18-19,24,26,31-32,35,41H,2,4-5,10-17,20-21,23H2,1,3H3,(H,42,43,44,45)/t24-,26-,31-,32+,35-/m0/s1. The predicted molar refractivity (Wildman–Crippen MR) is 191 cm³/mol. The van der Waals surface area contributed by atoms with E-state index in [1.165, 1.54) is 0 Å². The fourth-order valence-corrected chi connectivity index (χ4v) is 9.28. The van der Waals surface area contributed by atoms with E-state index in [2.05, 4.69) is 69.5 Å². The highest BCUT2D eigenvalue weighted by Gasteiger charge is 2.58. The van der Waals surface area contributed by atoms with Crippen LogP contribution in [0.1, 0.15) is 75.5 Å². The summed E-state index contributed by atoms with van der Waals surface area (Å²) in [6, 6.07) is 14.8. The monoisotopic (exact) mass is 705 g/mol. The molecule has 2 N–H and O–H groups in total. The van der Waals surface area contributed by atoms with Crippen molar-refractivity contribution >= 4 is 11.8 Å². The number of hydrogen-bond acceptors (Lipinski definition) is 10. The Hall–Kier alpha value is -4.64. The van der Waals surface area contributed by atoms with E-state index in [0.717, 1.165) is 34.4 Å². The zero-order valence-electron chi connectivity index (χ0n) is 30.0. The van der Waals surface area contributed by atoms with E-state index < -0.39 is 5.41 Å². The van der Waals surface area contributed by atoms with Gasteiger partial charge in [0.15, 0.2) is 5.82 Å². The van der Waals surface area contributed by atoms with Crippen molar-refractivity contribution in [2.24, 2.45) is 11.8 Å². The Morgan fingerprint density at radius 1 is 1.00 bits per heavy atom. The second-order valence-corrected chi connectivity index (χ2v) is 15.0. The van der Waals surface area contributed by atoms with E-state index in [1.54, 1.807) is 0 Å². The lowest BCUT2D eigenvalue weighted by Crippen LogP contribution is -2.43. The van der Waals surface area contributed by atoms with Gasteiger partial charge in [-0.05, 0) is 91.0 Å². The van der Waals surface area contributed by atoms with Crippen molar-refractivity contribution in [1.29, 1.82) is 5.26 Å². The van der Waals surface area contributed by atoms with Gasteiger partial charge in [-0.3, -0.25) is 9.59 Å². The molecule has 0 unspecified atom stereocenters. The summed E-state index contributed by atoms with van der Waals surface area (Å²) < 4.78 is 11.0. The topological polar surface area (TPSA) is 153 Å². The van der Waals surface area contributed by atoms with E-state index in [4.69, 9.17) is 9.47 Å². The fraction of sp³-hybridized carbons (Fsp3) is 0.538. The molecule has 0 bridgehead atoms. The Morgan fingerprint density at radius 3 is 2.10 bits per heavy atom. The lowest BCUT2D eigenvalue weighted by Gasteiger charge is -2.37. The molecule has 8 rings (SSSR count). The molecule has 0 radical (unpaired) electrons. The van der Waals surface area contributed by atoms with Crippen molar-refractivity contribution in [3.8, 4) is 6.07 Å². The zero-order valence-corrected chi connectivity index (χ0v) is 30.0. The van der Waals surface area contributed by atoms with Crippen LogP contribution in [0.3, 0.4) is 0 Å². The van der Waals surface area contributed by atoms with Gasteiger partial charge in [0.1, 0.15) is 6.04 Å². The van der Waals surface area contributed by atoms with Crippen molar-refractivity contribution < 1.29 is 19.1 Å². The van der Waals surface area contributed by atoms with Crippen molar-refractivity contribution in [1.82, 2.24) is 40.6 Å². The Labute approximate surface area is 304 Å². The number of aromatic amines is 1. The number of H-pyrrole nitrogens is 1. The van der Waals surface area contributed by atoms with Gasteiger partial charge in [0.05, 0.1) is 37.9 Å². The van der Waals surface area contributed by atoms with Crippen LogP contribution in [0.15, 0.2) is 48.7 Å². The zero-order chi connectivity index (χ0) is 36.0. The van der Waals surface area contributed by atoms with Crippen molar-refractivity contribution in [2.45, 2.75) is 63.1 Å². The number of carbonyl (C=O) groups is 2. The highest BCUT2D eigenvalue weighted by molar-refractivity contribution is 5.95. The number of ether oxygens (including phenoxy) is 2. The smallest absolute Gasteiger partial charge is 0.254 e. The molecule has 0 spiro atoms. The Kier molecular flexibility index (Phi) is 9.32.